The van der Waals surface area contributed by atoms with Gasteiger partial charge in [0, 0.05) is 31.4 Å². The molecular formula is C23H23FN4O3. The summed E-state index contributed by atoms with van der Waals surface area (Å²) in [6.45, 7) is 3.32. The number of amides is 1. The maximum absolute atomic E-state index is 15.1. The van der Waals surface area contributed by atoms with Crippen LogP contribution in [0.1, 0.15) is 34.8 Å². The lowest BCUT2D eigenvalue weighted by molar-refractivity contribution is 0.0758. The summed E-state index contributed by atoms with van der Waals surface area (Å²) in [6, 6.07) is 10.0. The molecule has 5 rings (SSSR count). The fraction of sp³-hybridized carbons (Fsp3) is 0.348. The number of aryl methyl sites for hydroxylation is 1. The van der Waals surface area contributed by atoms with Gasteiger partial charge in [0.25, 0.3) is 5.91 Å². The van der Waals surface area contributed by atoms with Gasteiger partial charge in [-0.3, -0.25) is 4.79 Å². The van der Waals surface area contributed by atoms with Crippen molar-refractivity contribution in [3.63, 3.8) is 0 Å². The Labute approximate surface area is 179 Å². The van der Waals surface area contributed by atoms with E-state index in [-0.39, 0.29) is 5.91 Å². The molecule has 1 amide bonds. The molecule has 1 fully saturated rings. The van der Waals surface area contributed by atoms with E-state index >= 15 is 4.39 Å². The molecule has 3 heterocycles. The second-order valence-corrected chi connectivity index (χ2v) is 8.05. The van der Waals surface area contributed by atoms with Crippen LogP contribution in [0.4, 0.5) is 4.39 Å². The molecule has 0 atom stereocenters. The number of hydrogen-bond donors (Lipinski definition) is 0. The van der Waals surface area contributed by atoms with Crippen LogP contribution in [0.2, 0.25) is 0 Å². The highest BCUT2D eigenvalue weighted by molar-refractivity contribution is 5.94. The van der Waals surface area contributed by atoms with Gasteiger partial charge in [0.15, 0.2) is 0 Å². The zero-order valence-corrected chi connectivity index (χ0v) is 17.5. The summed E-state index contributed by atoms with van der Waals surface area (Å²) < 4.78 is 27.8. The summed E-state index contributed by atoms with van der Waals surface area (Å²) >= 11 is 0. The Kier molecular flexibility index (Phi) is 4.94. The smallest absolute Gasteiger partial charge is 0.291 e. The summed E-state index contributed by atoms with van der Waals surface area (Å²) in [6.07, 6.45) is 2.33. The molecule has 0 spiro atoms. The van der Waals surface area contributed by atoms with Gasteiger partial charge in [-0.05, 0) is 43.9 Å². The van der Waals surface area contributed by atoms with E-state index in [0.717, 1.165) is 25.1 Å². The van der Waals surface area contributed by atoms with Gasteiger partial charge in [0.05, 0.1) is 30.4 Å². The maximum Gasteiger partial charge on any atom is 0.291 e. The number of benzene rings is 1. The predicted octanol–water partition coefficient (Wildman–Crippen LogP) is 4.15. The standard InChI is InChI=1S/C23H23FN4O3/c1-14-21(28-13-27(11-15-6-7-15)23(29)22(28)25-14)18-9-8-17(10-19(18)24)31-20-5-3-4-16(26-20)12-30-2/h3-5,8-10,15H,6-7,11-13H2,1-2H3. The summed E-state index contributed by atoms with van der Waals surface area (Å²) in [5.41, 5.74) is 2.38. The SMILES string of the molecule is COCc1cccc(Oc2ccc(-c3c(C)nc4n3CN(CC3CC3)C4=O)c(F)c2)n1. The fourth-order valence-corrected chi connectivity index (χ4v) is 3.96. The molecule has 0 saturated heterocycles. The first kappa shape index (κ1) is 19.7. The number of aromatic nitrogens is 3. The van der Waals surface area contributed by atoms with E-state index in [0.29, 0.717) is 53.6 Å². The van der Waals surface area contributed by atoms with Crippen LogP contribution in [-0.2, 0) is 18.0 Å². The number of rotatable bonds is 7. The molecule has 31 heavy (non-hydrogen) atoms. The summed E-state index contributed by atoms with van der Waals surface area (Å²) in [7, 11) is 1.59. The van der Waals surface area contributed by atoms with E-state index in [1.807, 2.05) is 16.7 Å². The first-order valence-corrected chi connectivity index (χ1v) is 10.3. The zero-order chi connectivity index (χ0) is 21.5. The van der Waals surface area contributed by atoms with Crippen molar-refractivity contribution < 1.29 is 18.7 Å². The zero-order valence-electron chi connectivity index (χ0n) is 17.5. The molecule has 1 aliphatic carbocycles. The molecule has 8 heteroatoms. The van der Waals surface area contributed by atoms with Crippen LogP contribution in [0, 0.1) is 18.7 Å². The van der Waals surface area contributed by atoms with E-state index in [2.05, 4.69) is 9.97 Å². The van der Waals surface area contributed by atoms with E-state index in [1.165, 1.54) is 6.07 Å². The monoisotopic (exact) mass is 422 g/mol. The minimum atomic E-state index is -0.440. The molecule has 2 aromatic heterocycles. The number of ether oxygens (including phenoxy) is 2. The van der Waals surface area contributed by atoms with Crippen molar-refractivity contribution in [1.29, 1.82) is 0 Å². The van der Waals surface area contributed by atoms with Crippen LogP contribution >= 0.6 is 0 Å². The average molecular weight is 422 g/mol. The number of halogens is 1. The molecule has 160 valence electrons. The Bertz CT molecular complexity index is 1160. The fourth-order valence-electron chi connectivity index (χ4n) is 3.96. The lowest BCUT2D eigenvalue weighted by Crippen LogP contribution is -2.27. The summed E-state index contributed by atoms with van der Waals surface area (Å²) in [5, 5.41) is 0. The van der Waals surface area contributed by atoms with Crippen LogP contribution < -0.4 is 4.74 Å². The quantitative estimate of drug-likeness (QED) is 0.572. The van der Waals surface area contributed by atoms with E-state index in [9.17, 15) is 4.79 Å². The van der Waals surface area contributed by atoms with Crippen molar-refractivity contribution >= 4 is 5.91 Å². The third kappa shape index (κ3) is 3.79. The third-order valence-corrected chi connectivity index (χ3v) is 5.60. The van der Waals surface area contributed by atoms with Gasteiger partial charge in [-0.15, -0.1) is 0 Å². The van der Waals surface area contributed by atoms with Crippen LogP contribution in [0.15, 0.2) is 36.4 Å². The summed E-state index contributed by atoms with van der Waals surface area (Å²) in [4.78, 5) is 23.3. The molecule has 0 radical (unpaired) electrons. The van der Waals surface area contributed by atoms with Crippen molar-refractivity contribution in [3.05, 3.63) is 59.4 Å². The second kappa shape index (κ2) is 7.77. The number of pyridine rings is 1. The summed E-state index contributed by atoms with van der Waals surface area (Å²) in [5.74, 6) is 1.15. The molecule has 2 aliphatic rings. The minimum Gasteiger partial charge on any atom is -0.439 e. The van der Waals surface area contributed by atoms with Crippen LogP contribution in [-0.4, -0.2) is 39.0 Å². The van der Waals surface area contributed by atoms with Gasteiger partial charge < -0.3 is 18.9 Å². The Hall–Kier alpha value is -3.26. The first-order valence-electron chi connectivity index (χ1n) is 10.3. The average Bonchev–Trinajstić information content (AvgIpc) is 3.44. The van der Waals surface area contributed by atoms with Crippen molar-refractivity contribution in [2.75, 3.05) is 13.7 Å². The number of nitrogens with zero attached hydrogens (tertiary/aromatic N) is 4. The number of carbonyl (C=O) groups excluding carboxylic acids is 1. The molecule has 1 aliphatic heterocycles. The molecule has 1 aromatic carbocycles. The van der Waals surface area contributed by atoms with Crippen molar-refractivity contribution in [2.45, 2.75) is 33.0 Å². The number of fused-ring (bicyclic) bond motifs is 1. The highest BCUT2D eigenvalue weighted by atomic mass is 19.1. The Balaban J connectivity index is 1.41. The van der Waals surface area contributed by atoms with Crippen LogP contribution in [0.5, 0.6) is 11.6 Å². The molecular weight excluding hydrogens is 399 g/mol. The molecule has 7 nitrogen and oxygen atoms in total. The van der Waals surface area contributed by atoms with E-state index in [4.69, 9.17) is 9.47 Å². The Morgan fingerprint density at radius 2 is 2.03 bits per heavy atom. The van der Waals surface area contributed by atoms with E-state index in [1.54, 1.807) is 37.1 Å². The lowest BCUT2D eigenvalue weighted by atomic mass is 10.1. The van der Waals surface area contributed by atoms with Gasteiger partial charge in [-0.2, -0.15) is 0 Å². The van der Waals surface area contributed by atoms with Crippen molar-refractivity contribution in [2.24, 2.45) is 5.92 Å². The molecule has 3 aromatic rings. The molecule has 1 saturated carbocycles. The van der Waals surface area contributed by atoms with Gasteiger partial charge >= 0.3 is 0 Å². The molecule has 0 N–H and O–H groups in total. The maximum atomic E-state index is 15.1. The Morgan fingerprint density at radius 1 is 1.19 bits per heavy atom. The van der Waals surface area contributed by atoms with Gasteiger partial charge in [0.1, 0.15) is 11.6 Å². The second-order valence-electron chi connectivity index (χ2n) is 8.05. The minimum absolute atomic E-state index is 0.0800. The molecule has 0 unspecified atom stereocenters. The Morgan fingerprint density at radius 3 is 2.77 bits per heavy atom. The van der Waals surface area contributed by atoms with Crippen LogP contribution in [0.25, 0.3) is 11.3 Å². The largest absolute Gasteiger partial charge is 0.439 e. The third-order valence-electron chi connectivity index (χ3n) is 5.60. The van der Waals surface area contributed by atoms with Crippen molar-refractivity contribution in [3.8, 4) is 22.9 Å². The van der Waals surface area contributed by atoms with Gasteiger partial charge in [-0.25, -0.2) is 14.4 Å². The van der Waals surface area contributed by atoms with Crippen molar-refractivity contribution in [1.82, 2.24) is 19.4 Å². The number of hydrogen-bond acceptors (Lipinski definition) is 5. The lowest BCUT2D eigenvalue weighted by Gasteiger charge is -2.16. The number of methoxy groups -OCH3 is 1. The normalized spacial score (nSPS) is 15.5. The highest BCUT2D eigenvalue weighted by Gasteiger charge is 2.36. The van der Waals surface area contributed by atoms with Gasteiger partial charge in [0.2, 0.25) is 11.7 Å². The van der Waals surface area contributed by atoms with Gasteiger partial charge in [-0.1, -0.05) is 6.07 Å². The first-order chi connectivity index (χ1) is 15.0. The predicted molar refractivity (Wildman–Crippen MR) is 111 cm³/mol. The number of carbonyl (C=O) groups is 1. The molecule has 0 bridgehead atoms. The van der Waals surface area contributed by atoms with Crippen LogP contribution in [0.3, 0.4) is 0 Å². The van der Waals surface area contributed by atoms with E-state index < -0.39 is 5.82 Å². The topological polar surface area (TPSA) is 69.5 Å². The highest BCUT2D eigenvalue weighted by Crippen LogP contribution is 2.36. The number of imidazole rings is 1.